The molecule has 0 spiro atoms. The van der Waals surface area contributed by atoms with Gasteiger partial charge in [-0.05, 0) is 42.2 Å². The van der Waals surface area contributed by atoms with E-state index >= 15 is 0 Å². The molecule has 0 aliphatic carbocycles. The summed E-state index contributed by atoms with van der Waals surface area (Å²) in [5.41, 5.74) is 2.43. The van der Waals surface area contributed by atoms with E-state index in [-0.39, 0.29) is 11.5 Å². The smallest absolute Gasteiger partial charge is 0.349 e. The number of benzene rings is 2. The maximum Gasteiger partial charge on any atom is 0.349 e. The molecule has 5 nitrogen and oxygen atoms in total. The molecule has 0 aromatic heterocycles. The lowest BCUT2D eigenvalue weighted by atomic mass is 10.0. The molecule has 1 atom stereocenters. The van der Waals surface area contributed by atoms with Gasteiger partial charge in [0.2, 0.25) is 0 Å². The van der Waals surface area contributed by atoms with Crippen molar-refractivity contribution >= 4 is 23.6 Å². The molecule has 0 saturated heterocycles. The second-order valence-electron chi connectivity index (χ2n) is 6.77. The molecule has 0 bridgehead atoms. The molecule has 0 heterocycles. The number of hydrogen-bond donors (Lipinski definition) is 0. The van der Waals surface area contributed by atoms with Crippen LogP contribution in [0.15, 0.2) is 60.2 Å². The van der Waals surface area contributed by atoms with Crippen molar-refractivity contribution in [1.82, 2.24) is 0 Å². The first kappa shape index (κ1) is 20.9. The zero-order chi connectivity index (χ0) is 20.7. The van der Waals surface area contributed by atoms with Gasteiger partial charge >= 0.3 is 5.97 Å². The van der Waals surface area contributed by atoms with Crippen LogP contribution in [0.4, 0.5) is 5.69 Å². The zero-order valence-electron chi connectivity index (χ0n) is 16.5. The number of carbonyl (C=O) groups is 2. The van der Waals surface area contributed by atoms with Crippen LogP contribution in [-0.4, -0.2) is 25.0 Å². The molecule has 144 valence electrons. The standard InChI is InChI=1S/C23H24N2O3/c1-16(2)19-12-10-18(11-13-19)14-20(15-24)23(27)28-17(3)22(26)25(4)21-8-6-5-7-9-21/h5-14,16-17H,1-4H3/b20-14+/t17-/m1/s1. The lowest BCUT2D eigenvalue weighted by Gasteiger charge is -2.21. The Morgan fingerprint density at radius 2 is 1.64 bits per heavy atom. The number of para-hydroxylation sites is 1. The highest BCUT2D eigenvalue weighted by atomic mass is 16.5. The van der Waals surface area contributed by atoms with E-state index < -0.39 is 12.1 Å². The van der Waals surface area contributed by atoms with Crippen LogP contribution in [0.2, 0.25) is 0 Å². The Hall–Kier alpha value is -3.39. The maximum absolute atomic E-state index is 12.5. The van der Waals surface area contributed by atoms with E-state index in [2.05, 4.69) is 13.8 Å². The van der Waals surface area contributed by atoms with E-state index in [1.807, 2.05) is 48.5 Å². The second-order valence-corrected chi connectivity index (χ2v) is 6.77. The van der Waals surface area contributed by atoms with E-state index in [1.54, 1.807) is 19.2 Å². The molecule has 2 aromatic rings. The van der Waals surface area contributed by atoms with Crippen molar-refractivity contribution in [3.63, 3.8) is 0 Å². The highest BCUT2D eigenvalue weighted by Gasteiger charge is 2.24. The minimum atomic E-state index is -1.02. The van der Waals surface area contributed by atoms with Crippen molar-refractivity contribution in [1.29, 1.82) is 5.26 Å². The third-order valence-electron chi connectivity index (χ3n) is 4.36. The van der Waals surface area contributed by atoms with Gasteiger partial charge in [-0.1, -0.05) is 56.3 Å². The third kappa shape index (κ3) is 5.31. The first-order chi connectivity index (χ1) is 13.3. The van der Waals surface area contributed by atoms with Crippen LogP contribution in [0.25, 0.3) is 6.08 Å². The Bertz CT molecular complexity index is 894. The van der Waals surface area contributed by atoms with Crippen molar-refractivity contribution < 1.29 is 14.3 Å². The SMILES string of the molecule is CC(C)c1ccc(/C=C(\C#N)C(=O)O[C@H](C)C(=O)N(C)c2ccccc2)cc1. The number of rotatable bonds is 6. The number of esters is 1. The molecule has 2 rings (SSSR count). The lowest BCUT2D eigenvalue weighted by Crippen LogP contribution is -2.37. The fraction of sp³-hybridized carbons (Fsp3) is 0.261. The molecule has 0 unspecified atom stereocenters. The topological polar surface area (TPSA) is 70.4 Å². The van der Waals surface area contributed by atoms with Crippen LogP contribution < -0.4 is 4.90 Å². The van der Waals surface area contributed by atoms with Gasteiger partial charge in [-0.2, -0.15) is 5.26 Å². The predicted molar refractivity (Wildman–Crippen MR) is 110 cm³/mol. The first-order valence-corrected chi connectivity index (χ1v) is 9.08. The van der Waals surface area contributed by atoms with Gasteiger partial charge in [0.1, 0.15) is 11.6 Å². The quantitative estimate of drug-likeness (QED) is 0.428. The Morgan fingerprint density at radius 3 is 2.18 bits per heavy atom. The van der Waals surface area contributed by atoms with Crippen LogP contribution >= 0.6 is 0 Å². The Labute approximate surface area is 165 Å². The summed E-state index contributed by atoms with van der Waals surface area (Å²) in [6, 6.07) is 18.5. The molecular formula is C23H24N2O3. The van der Waals surface area contributed by atoms with Crippen LogP contribution in [0.3, 0.4) is 0 Å². The number of likely N-dealkylation sites (N-methyl/N-ethyl adjacent to an activating group) is 1. The molecule has 1 amide bonds. The average Bonchev–Trinajstić information content (AvgIpc) is 2.71. The minimum absolute atomic E-state index is 0.153. The Balaban J connectivity index is 2.08. The molecule has 0 radical (unpaired) electrons. The summed E-state index contributed by atoms with van der Waals surface area (Å²) < 4.78 is 5.22. The highest BCUT2D eigenvalue weighted by molar-refractivity contribution is 6.01. The summed E-state index contributed by atoms with van der Waals surface area (Å²) in [5, 5.41) is 9.32. The van der Waals surface area contributed by atoms with E-state index in [1.165, 1.54) is 23.5 Å². The van der Waals surface area contributed by atoms with Gasteiger partial charge in [0.15, 0.2) is 6.10 Å². The molecular weight excluding hydrogens is 352 g/mol. The van der Waals surface area contributed by atoms with Crippen molar-refractivity contribution in [3.8, 4) is 6.07 Å². The van der Waals surface area contributed by atoms with Gasteiger partial charge < -0.3 is 9.64 Å². The van der Waals surface area contributed by atoms with Gasteiger partial charge in [-0.3, -0.25) is 4.79 Å². The zero-order valence-corrected chi connectivity index (χ0v) is 16.5. The number of amides is 1. The van der Waals surface area contributed by atoms with Crippen LogP contribution in [0, 0.1) is 11.3 Å². The minimum Gasteiger partial charge on any atom is -0.448 e. The van der Waals surface area contributed by atoms with Crippen molar-refractivity contribution in [2.75, 3.05) is 11.9 Å². The van der Waals surface area contributed by atoms with E-state index in [4.69, 9.17) is 4.74 Å². The molecule has 0 N–H and O–H groups in total. The molecule has 0 fully saturated rings. The van der Waals surface area contributed by atoms with Crippen LogP contribution in [0.5, 0.6) is 0 Å². The average molecular weight is 376 g/mol. The largest absolute Gasteiger partial charge is 0.448 e. The van der Waals surface area contributed by atoms with Gasteiger partial charge in [-0.15, -0.1) is 0 Å². The Kier molecular flexibility index (Phi) is 7.11. The fourth-order valence-corrected chi connectivity index (χ4v) is 2.61. The Morgan fingerprint density at radius 1 is 1.04 bits per heavy atom. The summed E-state index contributed by atoms with van der Waals surface area (Å²) in [4.78, 5) is 26.3. The molecule has 5 heteroatoms. The van der Waals surface area contributed by atoms with Gasteiger partial charge in [0, 0.05) is 12.7 Å². The van der Waals surface area contributed by atoms with Gasteiger partial charge in [-0.25, -0.2) is 4.79 Å². The molecule has 0 aliphatic heterocycles. The van der Waals surface area contributed by atoms with Crippen LogP contribution in [-0.2, 0) is 14.3 Å². The van der Waals surface area contributed by atoms with E-state index in [0.29, 0.717) is 11.6 Å². The molecule has 0 aliphatic rings. The number of hydrogen-bond acceptors (Lipinski definition) is 4. The number of anilines is 1. The van der Waals surface area contributed by atoms with Crippen molar-refractivity contribution in [2.24, 2.45) is 0 Å². The molecule has 2 aromatic carbocycles. The van der Waals surface area contributed by atoms with Gasteiger partial charge in [0.05, 0.1) is 0 Å². The maximum atomic E-state index is 12.5. The normalized spacial score (nSPS) is 12.2. The van der Waals surface area contributed by atoms with E-state index in [9.17, 15) is 14.9 Å². The summed E-state index contributed by atoms with van der Waals surface area (Å²) in [6.45, 7) is 5.67. The number of nitriles is 1. The number of carbonyl (C=O) groups excluding carboxylic acids is 2. The fourth-order valence-electron chi connectivity index (χ4n) is 2.61. The lowest BCUT2D eigenvalue weighted by molar-refractivity contribution is -0.149. The second kappa shape index (κ2) is 9.52. The summed E-state index contributed by atoms with van der Waals surface area (Å²) in [5.74, 6) is -0.803. The summed E-state index contributed by atoms with van der Waals surface area (Å²) >= 11 is 0. The van der Waals surface area contributed by atoms with Crippen molar-refractivity contribution in [2.45, 2.75) is 32.8 Å². The van der Waals surface area contributed by atoms with Crippen LogP contribution in [0.1, 0.15) is 37.8 Å². The van der Waals surface area contributed by atoms with Gasteiger partial charge in [0.25, 0.3) is 5.91 Å². The van der Waals surface area contributed by atoms with Crippen molar-refractivity contribution in [3.05, 3.63) is 71.3 Å². The number of ether oxygens (including phenoxy) is 1. The molecule has 0 saturated carbocycles. The third-order valence-corrected chi connectivity index (χ3v) is 4.36. The predicted octanol–water partition coefficient (Wildman–Crippen LogP) is 4.31. The highest BCUT2D eigenvalue weighted by Crippen LogP contribution is 2.17. The summed E-state index contributed by atoms with van der Waals surface area (Å²) in [6.07, 6.45) is 0.447. The summed E-state index contributed by atoms with van der Waals surface area (Å²) in [7, 11) is 1.61. The molecule has 28 heavy (non-hydrogen) atoms. The number of nitrogens with zero attached hydrogens (tertiary/aromatic N) is 2. The van der Waals surface area contributed by atoms with E-state index in [0.717, 1.165) is 5.56 Å². The first-order valence-electron chi connectivity index (χ1n) is 9.08. The monoisotopic (exact) mass is 376 g/mol.